The summed E-state index contributed by atoms with van der Waals surface area (Å²) in [6, 6.07) is 0. The lowest BCUT2D eigenvalue weighted by Crippen LogP contribution is -2.60. The Balaban J connectivity index is 1.40. The lowest BCUT2D eigenvalue weighted by atomic mass is 9.42. The highest BCUT2D eigenvalue weighted by Crippen LogP contribution is 2.77. The number of hydrogen-bond donors (Lipinski definition) is 1. The summed E-state index contributed by atoms with van der Waals surface area (Å²) in [5.74, 6) is 3.27. The molecule has 6 fully saturated rings. The molecule has 0 aromatic rings. The lowest BCUT2D eigenvalue weighted by molar-refractivity contribution is -0.154. The molecule has 5 saturated carbocycles. The SMILES string of the molecule is CC(=O)[C@]12CCCC[C@@H]1C[C@@H]1[C@H]3C[C@@H]4O[C@@]45C[C@@H](O)CC[C@]5(C)[C@@H]3CC[C@@]12C. The molecule has 0 aromatic heterocycles. The van der Waals surface area contributed by atoms with Gasteiger partial charge < -0.3 is 9.84 Å². The van der Waals surface area contributed by atoms with Crippen LogP contribution < -0.4 is 0 Å². The molecule has 6 rings (SSSR count). The van der Waals surface area contributed by atoms with Gasteiger partial charge >= 0.3 is 0 Å². The molecule has 1 aliphatic heterocycles. The molecular weight excluding hydrogens is 348 g/mol. The molecule has 10 atom stereocenters. The Kier molecular flexibility index (Phi) is 3.57. The van der Waals surface area contributed by atoms with Gasteiger partial charge in [-0.25, -0.2) is 0 Å². The number of hydrogen-bond acceptors (Lipinski definition) is 3. The highest BCUT2D eigenvalue weighted by atomic mass is 16.6. The zero-order valence-corrected chi connectivity index (χ0v) is 18.0. The van der Waals surface area contributed by atoms with Crippen molar-refractivity contribution in [1.29, 1.82) is 0 Å². The van der Waals surface area contributed by atoms with Crippen molar-refractivity contribution in [3.05, 3.63) is 0 Å². The molecule has 0 amide bonds. The summed E-state index contributed by atoms with van der Waals surface area (Å²) >= 11 is 0. The van der Waals surface area contributed by atoms with Crippen LogP contribution in [0.1, 0.15) is 91.4 Å². The van der Waals surface area contributed by atoms with Crippen LogP contribution in [-0.4, -0.2) is 28.7 Å². The number of rotatable bonds is 1. The van der Waals surface area contributed by atoms with Crippen molar-refractivity contribution in [2.45, 2.75) is 109 Å². The number of aliphatic hydroxyl groups is 1. The molecule has 3 nitrogen and oxygen atoms in total. The molecule has 1 spiro atoms. The predicted octanol–water partition coefficient (Wildman–Crippen LogP) is 4.90. The second-order valence-electron chi connectivity index (χ2n) is 12.1. The third-order valence-corrected chi connectivity index (χ3v) is 11.7. The van der Waals surface area contributed by atoms with Gasteiger partial charge in [0.25, 0.3) is 0 Å². The molecule has 1 saturated heterocycles. The van der Waals surface area contributed by atoms with Crippen molar-refractivity contribution >= 4 is 5.78 Å². The molecule has 1 heterocycles. The van der Waals surface area contributed by atoms with Gasteiger partial charge in [-0.15, -0.1) is 0 Å². The van der Waals surface area contributed by atoms with Crippen LogP contribution in [0.5, 0.6) is 0 Å². The molecular formula is C25H38O3. The van der Waals surface area contributed by atoms with Gasteiger partial charge in [-0.2, -0.15) is 0 Å². The number of Topliss-reactive ketones (excluding diaryl/α,β-unsaturated/α-hetero) is 1. The fourth-order valence-corrected chi connectivity index (χ4v) is 10.5. The van der Waals surface area contributed by atoms with E-state index in [2.05, 4.69) is 13.8 Å². The minimum Gasteiger partial charge on any atom is -0.393 e. The second-order valence-corrected chi connectivity index (χ2v) is 12.1. The fraction of sp³-hybridized carbons (Fsp3) is 0.960. The van der Waals surface area contributed by atoms with Gasteiger partial charge in [0.05, 0.1) is 12.2 Å². The number of ether oxygens (including phenoxy) is 1. The normalized spacial score (nSPS) is 62.0. The first kappa shape index (κ1) is 18.4. The van der Waals surface area contributed by atoms with Crippen LogP contribution in [-0.2, 0) is 9.53 Å². The summed E-state index contributed by atoms with van der Waals surface area (Å²) in [7, 11) is 0. The summed E-state index contributed by atoms with van der Waals surface area (Å²) in [5, 5.41) is 10.4. The van der Waals surface area contributed by atoms with E-state index in [-0.39, 0.29) is 27.9 Å². The van der Waals surface area contributed by atoms with Gasteiger partial charge in [0, 0.05) is 17.3 Å². The van der Waals surface area contributed by atoms with E-state index in [1.54, 1.807) is 0 Å². The standard InChI is InChI=1S/C25H38O3/c1-15(26)24-9-5-4-6-16(24)12-20-18-13-21-25(28-21)14-17(27)7-10-23(25,3)19(18)8-11-22(20,24)2/h16-21,27H,4-14H2,1-3H3/t16-,17+,18+,19-,20-,21+,22+,23-,24-,25+/m1/s1. The predicted molar refractivity (Wildman–Crippen MR) is 108 cm³/mol. The van der Waals surface area contributed by atoms with Gasteiger partial charge in [-0.05, 0) is 87.4 Å². The first-order chi connectivity index (χ1) is 13.3. The van der Waals surface area contributed by atoms with Crippen LogP contribution in [0.2, 0.25) is 0 Å². The monoisotopic (exact) mass is 386 g/mol. The maximum atomic E-state index is 13.2. The third kappa shape index (κ3) is 1.84. The van der Waals surface area contributed by atoms with Crippen LogP contribution >= 0.6 is 0 Å². The average molecular weight is 387 g/mol. The highest BCUT2D eigenvalue weighted by Gasteiger charge is 2.77. The van der Waals surface area contributed by atoms with E-state index in [9.17, 15) is 9.90 Å². The molecule has 5 aliphatic carbocycles. The average Bonchev–Trinajstić information content (AvgIpc) is 3.27. The van der Waals surface area contributed by atoms with E-state index < -0.39 is 0 Å². The van der Waals surface area contributed by atoms with E-state index in [1.807, 2.05) is 6.92 Å². The maximum absolute atomic E-state index is 13.2. The van der Waals surface area contributed by atoms with Crippen LogP contribution in [0.15, 0.2) is 0 Å². The number of fused-ring (bicyclic) bond motifs is 6. The first-order valence-corrected chi connectivity index (χ1v) is 12.2. The summed E-state index contributed by atoms with van der Waals surface area (Å²) in [5.41, 5.74) is 0.371. The number of carbonyl (C=O) groups is 1. The van der Waals surface area contributed by atoms with Crippen molar-refractivity contribution in [3.63, 3.8) is 0 Å². The van der Waals surface area contributed by atoms with Gasteiger partial charge in [-0.3, -0.25) is 4.79 Å². The number of aliphatic hydroxyl groups excluding tert-OH is 1. The summed E-state index contributed by atoms with van der Waals surface area (Å²) in [6.07, 6.45) is 13.1. The van der Waals surface area contributed by atoms with E-state index in [1.165, 1.54) is 44.9 Å². The van der Waals surface area contributed by atoms with Crippen LogP contribution in [0.3, 0.4) is 0 Å². The largest absolute Gasteiger partial charge is 0.393 e. The van der Waals surface area contributed by atoms with Crippen molar-refractivity contribution in [3.8, 4) is 0 Å². The summed E-state index contributed by atoms with van der Waals surface area (Å²) in [4.78, 5) is 13.2. The van der Waals surface area contributed by atoms with E-state index in [0.717, 1.165) is 37.5 Å². The summed E-state index contributed by atoms with van der Waals surface area (Å²) in [6.45, 7) is 6.93. The topological polar surface area (TPSA) is 49.8 Å². The van der Waals surface area contributed by atoms with Crippen molar-refractivity contribution < 1.29 is 14.6 Å². The van der Waals surface area contributed by atoms with Gasteiger partial charge in [0.1, 0.15) is 11.4 Å². The van der Waals surface area contributed by atoms with Gasteiger partial charge in [-0.1, -0.05) is 26.7 Å². The van der Waals surface area contributed by atoms with Crippen LogP contribution in [0.4, 0.5) is 0 Å². The summed E-state index contributed by atoms with van der Waals surface area (Å²) < 4.78 is 6.48. The quantitative estimate of drug-likeness (QED) is 0.652. The van der Waals surface area contributed by atoms with Crippen molar-refractivity contribution in [2.75, 3.05) is 0 Å². The fourth-order valence-electron chi connectivity index (χ4n) is 10.5. The Morgan fingerprint density at radius 1 is 0.964 bits per heavy atom. The van der Waals surface area contributed by atoms with Crippen LogP contribution in [0, 0.1) is 39.9 Å². The minimum atomic E-state index is -0.168. The maximum Gasteiger partial charge on any atom is 0.136 e. The molecule has 28 heavy (non-hydrogen) atoms. The smallest absolute Gasteiger partial charge is 0.136 e. The molecule has 3 heteroatoms. The van der Waals surface area contributed by atoms with Crippen molar-refractivity contribution in [1.82, 2.24) is 0 Å². The Hall–Kier alpha value is -0.410. The van der Waals surface area contributed by atoms with Crippen molar-refractivity contribution in [2.24, 2.45) is 39.9 Å². The molecule has 0 radical (unpaired) electrons. The third-order valence-electron chi connectivity index (χ3n) is 11.7. The molecule has 156 valence electrons. The lowest BCUT2D eigenvalue weighted by Gasteiger charge is -2.61. The zero-order valence-electron chi connectivity index (χ0n) is 18.0. The molecule has 1 N–H and O–H groups in total. The molecule has 0 aromatic carbocycles. The zero-order chi connectivity index (χ0) is 19.5. The Morgan fingerprint density at radius 3 is 2.54 bits per heavy atom. The number of epoxide rings is 1. The van der Waals surface area contributed by atoms with E-state index >= 15 is 0 Å². The second kappa shape index (κ2) is 5.44. The number of ketones is 1. The molecule has 0 bridgehead atoms. The van der Waals surface area contributed by atoms with Crippen LogP contribution in [0.25, 0.3) is 0 Å². The Bertz CT molecular complexity index is 719. The first-order valence-electron chi connectivity index (χ1n) is 12.2. The Labute approximate surface area is 170 Å². The van der Waals surface area contributed by atoms with Gasteiger partial charge in [0.2, 0.25) is 0 Å². The highest BCUT2D eigenvalue weighted by molar-refractivity contribution is 5.84. The Morgan fingerprint density at radius 2 is 1.75 bits per heavy atom. The van der Waals surface area contributed by atoms with E-state index in [0.29, 0.717) is 23.7 Å². The van der Waals surface area contributed by atoms with E-state index in [4.69, 9.17) is 4.74 Å². The van der Waals surface area contributed by atoms with Gasteiger partial charge in [0.15, 0.2) is 0 Å². The number of carbonyl (C=O) groups excluding carboxylic acids is 1. The molecule has 6 aliphatic rings. The molecule has 0 unspecified atom stereocenters. The minimum absolute atomic E-state index is 0.0246.